The Hall–Kier alpha value is -1.81. The zero-order valence-corrected chi connectivity index (χ0v) is 14.3. The lowest BCUT2D eigenvalue weighted by Gasteiger charge is -2.32. The van der Waals surface area contributed by atoms with Gasteiger partial charge in [-0.05, 0) is 65.0 Å². The number of amides is 1. The summed E-state index contributed by atoms with van der Waals surface area (Å²) in [5, 5.41) is 0. The van der Waals surface area contributed by atoms with Crippen LogP contribution in [0.1, 0.15) is 27.9 Å². The van der Waals surface area contributed by atoms with Gasteiger partial charge in [-0.25, -0.2) is 0 Å². The number of hydrogen-bond acceptors (Lipinski definition) is 2. The fourth-order valence-electron chi connectivity index (χ4n) is 3.00. The second kappa shape index (κ2) is 6.13. The number of rotatable bonds is 2. The van der Waals surface area contributed by atoms with Crippen molar-refractivity contribution in [2.75, 3.05) is 18.6 Å². The standard InChI is InChI=1S/C18H18BrNO2/c1-12-9-10-16(22-2)17-13(12)7-5-11-20(17)18(21)14-6-3-4-8-15(14)19/h3-4,6,8-10H,5,7,11H2,1-2H3. The molecule has 0 saturated heterocycles. The van der Waals surface area contributed by atoms with Gasteiger partial charge in [0.2, 0.25) is 0 Å². The Labute approximate surface area is 139 Å². The number of nitrogens with zero attached hydrogens (tertiary/aromatic N) is 1. The van der Waals surface area contributed by atoms with Gasteiger partial charge in [0.15, 0.2) is 0 Å². The molecule has 0 fully saturated rings. The maximum atomic E-state index is 13.0. The summed E-state index contributed by atoms with van der Waals surface area (Å²) in [7, 11) is 1.65. The molecule has 0 saturated carbocycles. The van der Waals surface area contributed by atoms with Crippen LogP contribution in [-0.4, -0.2) is 19.6 Å². The van der Waals surface area contributed by atoms with Gasteiger partial charge in [0.05, 0.1) is 18.4 Å². The fourth-order valence-corrected chi connectivity index (χ4v) is 3.46. The number of carbonyl (C=O) groups excluding carboxylic acids is 1. The summed E-state index contributed by atoms with van der Waals surface area (Å²) in [5.74, 6) is 0.776. The third-order valence-corrected chi connectivity index (χ3v) is 4.82. The maximum Gasteiger partial charge on any atom is 0.259 e. The van der Waals surface area contributed by atoms with Crippen LogP contribution < -0.4 is 9.64 Å². The van der Waals surface area contributed by atoms with E-state index in [1.807, 2.05) is 35.2 Å². The first-order valence-corrected chi connectivity index (χ1v) is 8.15. The summed E-state index contributed by atoms with van der Waals surface area (Å²) in [5.41, 5.74) is 4.03. The van der Waals surface area contributed by atoms with E-state index in [4.69, 9.17) is 4.74 Å². The van der Waals surface area contributed by atoms with Crippen LogP contribution in [0.3, 0.4) is 0 Å². The van der Waals surface area contributed by atoms with Crippen molar-refractivity contribution < 1.29 is 9.53 Å². The molecule has 2 aromatic rings. The number of methoxy groups -OCH3 is 1. The average Bonchev–Trinajstić information content (AvgIpc) is 2.55. The van der Waals surface area contributed by atoms with Crippen LogP contribution in [0, 0.1) is 6.92 Å². The molecule has 22 heavy (non-hydrogen) atoms. The first-order chi connectivity index (χ1) is 10.6. The van der Waals surface area contributed by atoms with Gasteiger partial charge >= 0.3 is 0 Å². The number of anilines is 1. The molecule has 1 aliphatic heterocycles. The molecular formula is C18H18BrNO2. The molecule has 3 rings (SSSR count). The topological polar surface area (TPSA) is 29.5 Å². The number of fused-ring (bicyclic) bond motifs is 1. The van der Waals surface area contributed by atoms with Gasteiger partial charge in [0, 0.05) is 11.0 Å². The van der Waals surface area contributed by atoms with Crippen molar-refractivity contribution >= 4 is 27.5 Å². The minimum Gasteiger partial charge on any atom is -0.495 e. The molecule has 0 spiro atoms. The van der Waals surface area contributed by atoms with Crippen LogP contribution in [0.4, 0.5) is 5.69 Å². The highest BCUT2D eigenvalue weighted by Crippen LogP contribution is 2.39. The van der Waals surface area contributed by atoms with Crippen LogP contribution in [0.15, 0.2) is 40.9 Å². The molecule has 3 nitrogen and oxygen atoms in total. The Morgan fingerprint density at radius 3 is 2.73 bits per heavy atom. The molecule has 4 heteroatoms. The van der Waals surface area contributed by atoms with Gasteiger partial charge in [-0.3, -0.25) is 4.79 Å². The van der Waals surface area contributed by atoms with Gasteiger partial charge in [0.1, 0.15) is 5.75 Å². The Morgan fingerprint density at radius 2 is 2.00 bits per heavy atom. The zero-order chi connectivity index (χ0) is 15.7. The van der Waals surface area contributed by atoms with Crippen molar-refractivity contribution in [2.45, 2.75) is 19.8 Å². The predicted octanol–water partition coefficient (Wildman–Crippen LogP) is 4.36. The molecule has 0 aliphatic carbocycles. The lowest BCUT2D eigenvalue weighted by atomic mass is 9.95. The lowest BCUT2D eigenvalue weighted by Crippen LogP contribution is -2.36. The zero-order valence-electron chi connectivity index (χ0n) is 12.7. The van der Waals surface area contributed by atoms with Gasteiger partial charge in [-0.2, -0.15) is 0 Å². The molecule has 2 aromatic carbocycles. The van der Waals surface area contributed by atoms with E-state index in [1.165, 1.54) is 11.1 Å². The third-order valence-electron chi connectivity index (χ3n) is 4.13. The Morgan fingerprint density at radius 1 is 1.23 bits per heavy atom. The minimum atomic E-state index is 0.0114. The largest absolute Gasteiger partial charge is 0.495 e. The molecule has 0 aromatic heterocycles. The lowest BCUT2D eigenvalue weighted by molar-refractivity contribution is 0.0983. The number of ether oxygens (including phenoxy) is 1. The summed E-state index contributed by atoms with van der Waals surface area (Å²) in [6.45, 7) is 2.80. The number of benzene rings is 2. The summed E-state index contributed by atoms with van der Waals surface area (Å²) >= 11 is 3.47. The van der Waals surface area contributed by atoms with Crippen LogP contribution in [0.25, 0.3) is 0 Å². The molecule has 1 heterocycles. The summed E-state index contributed by atoms with van der Waals surface area (Å²) in [6.07, 6.45) is 1.95. The molecule has 0 atom stereocenters. The fraction of sp³-hybridized carbons (Fsp3) is 0.278. The van der Waals surface area contributed by atoms with Gasteiger partial charge < -0.3 is 9.64 Å². The SMILES string of the molecule is COc1ccc(C)c2c1N(C(=O)c1ccccc1Br)CCC2. The molecule has 0 N–H and O–H groups in total. The van der Waals surface area contributed by atoms with Crippen LogP contribution >= 0.6 is 15.9 Å². The van der Waals surface area contributed by atoms with Crippen molar-refractivity contribution in [1.29, 1.82) is 0 Å². The summed E-state index contributed by atoms with van der Waals surface area (Å²) in [4.78, 5) is 14.9. The van der Waals surface area contributed by atoms with Crippen molar-refractivity contribution in [3.8, 4) is 5.75 Å². The Kier molecular flexibility index (Phi) is 4.21. The summed E-state index contributed by atoms with van der Waals surface area (Å²) < 4.78 is 6.33. The second-order valence-electron chi connectivity index (χ2n) is 5.45. The van der Waals surface area contributed by atoms with E-state index in [0.29, 0.717) is 12.1 Å². The Balaban J connectivity index is 2.10. The first-order valence-electron chi connectivity index (χ1n) is 7.36. The predicted molar refractivity (Wildman–Crippen MR) is 91.9 cm³/mol. The monoisotopic (exact) mass is 359 g/mol. The van der Waals surface area contributed by atoms with Crippen molar-refractivity contribution in [3.63, 3.8) is 0 Å². The second-order valence-corrected chi connectivity index (χ2v) is 6.31. The average molecular weight is 360 g/mol. The molecule has 0 radical (unpaired) electrons. The van der Waals surface area contributed by atoms with E-state index in [1.54, 1.807) is 7.11 Å². The maximum absolute atomic E-state index is 13.0. The van der Waals surface area contributed by atoms with E-state index < -0.39 is 0 Å². The van der Waals surface area contributed by atoms with E-state index in [2.05, 4.69) is 28.9 Å². The molecule has 0 unspecified atom stereocenters. The number of carbonyl (C=O) groups is 1. The smallest absolute Gasteiger partial charge is 0.259 e. The van der Waals surface area contributed by atoms with Crippen LogP contribution in [0.2, 0.25) is 0 Å². The molecule has 1 amide bonds. The molecule has 1 aliphatic rings. The number of aryl methyl sites for hydroxylation is 1. The van der Waals surface area contributed by atoms with E-state index in [0.717, 1.165) is 28.8 Å². The van der Waals surface area contributed by atoms with Crippen LogP contribution in [-0.2, 0) is 6.42 Å². The van der Waals surface area contributed by atoms with Gasteiger partial charge in [-0.15, -0.1) is 0 Å². The molecule has 114 valence electrons. The van der Waals surface area contributed by atoms with Crippen molar-refractivity contribution in [3.05, 3.63) is 57.6 Å². The summed E-state index contributed by atoms with van der Waals surface area (Å²) in [6, 6.07) is 11.5. The highest BCUT2D eigenvalue weighted by molar-refractivity contribution is 9.10. The van der Waals surface area contributed by atoms with Crippen LogP contribution in [0.5, 0.6) is 5.75 Å². The third kappa shape index (κ3) is 2.52. The highest BCUT2D eigenvalue weighted by Gasteiger charge is 2.28. The quantitative estimate of drug-likeness (QED) is 0.797. The highest BCUT2D eigenvalue weighted by atomic mass is 79.9. The van der Waals surface area contributed by atoms with Crippen molar-refractivity contribution in [2.24, 2.45) is 0 Å². The van der Waals surface area contributed by atoms with E-state index >= 15 is 0 Å². The molecular weight excluding hydrogens is 342 g/mol. The van der Waals surface area contributed by atoms with Crippen molar-refractivity contribution in [1.82, 2.24) is 0 Å². The Bertz CT molecular complexity index is 727. The number of halogens is 1. The minimum absolute atomic E-state index is 0.0114. The van der Waals surface area contributed by atoms with Gasteiger partial charge in [-0.1, -0.05) is 18.2 Å². The number of hydrogen-bond donors (Lipinski definition) is 0. The normalized spacial score (nSPS) is 13.7. The molecule has 0 bridgehead atoms. The van der Waals surface area contributed by atoms with E-state index in [-0.39, 0.29) is 5.91 Å². The van der Waals surface area contributed by atoms with Gasteiger partial charge in [0.25, 0.3) is 5.91 Å². The van der Waals surface area contributed by atoms with E-state index in [9.17, 15) is 4.79 Å². The first kappa shape index (κ1) is 15.1.